The molecule has 0 saturated carbocycles. The molecule has 3 atom stereocenters. The van der Waals surface area contributed by atoms with Crippen LogP contribution in [-0.4, -0.2) is 34.4 Å². The minimum atomic E-state index is 0.403. The lowest BCUT2D eigenvalue weighted by atomic mass is 10.1. The molecule has 4 heteroatoms. The quantitative estimate of drug-likeness (QED) is 0.540. The van der Waals surface area contributed by atoms with E-state index in [4.69, 9.17) is 0 Å². The fourth-order valence-corrected chi connectivity index (χ4v) is 6.26. The van der Waals surface area contributed by atoms with Gasteiger partial charge in [-0.1, -0.05) is 41.4 Å². The molecule has 20 heavy (non-hydrogen) atoms. The summed E-state index contributed by atoms with van der Waals surface area (Å²) < 4.78 is 0. The lowest BCUT2D eigenvalue weighted by Crippen LogP contribution is -2.39. The Morgan fingerprint density at radius 1 is 1.20 bits per heavy atom. The predicted octanol–water partition coefficient (Wildman–Crippen LogP) is 4.74. The maximum absolute atomic E-state index is 12.4. The summed E-state index contributed by atoms with van der Waals surface area (Å²) in [6.45, 7) is 5.49. The second-order valence-corrected chi connectivity index (χ2v) is 9.29. The highest BCUT2D eigenvalue weighted by atomic mass is 33.1. The molecule has 0 radical (unpaired) electrons. The zero-order chi connectivity index (χ0) is 14.4. The lowest BCUT2D eigenvalue weighted by molar-refractivity contribution is -0.133. The highest BCUT2D eigenvalue weighted by molar-refractivity contribution is 8.77. The molecular weight excluding hydrogens is 286 g/mol. The maximum Gasteiger partial charge on any atom is 0.222 e. The summed E-state index contributed by atoms with van der Waals surface area (Å²) in [4.78, 5) is 14.6. The van der Waals surface area contributed by atoms with Crippen molar-refractivity contribution in [1.82, 2.24) is 4.90 Å². The van der Waals surface area contributed by atoms with Gasteiger partial charge in [-0.25, -0.2) is 0 Å². The van der Waals surface area contributed by atoms with Gasteiger partial charge in [0.2, 0.25) is 5.91 Å². The van der Waals surface area contributed by atoms with Crippen LogP contribution in [0.25, 0.3) is 0 Å². The van der Waals surface area contributed by atoms with Crippen molar-refractivity contribution in [3.63, 3.8) is 0 Å². The van der Waals surface area contributed by atoms with Crippen molar-refractivity contribution in [3.8, 4) is 0 Å². The Morgan fingerprint density at radius 2 is 2.05 bits per heavy atom. The lowest BCUT2D eigenvalue weighted by Gasteiger charge is -2.29. The van der Waals surface area contributed by atoms with Crippen LogP contribution in [-0.2, 0) is 4.79 Å². The Bertz CT molecular complexity index is 305. The van der Waals surface area contributed by atoms with E-state index in [-0.39, 0.29) is 0 Å². The van der Waals surface area contributed by atoms with Gasteiger partial charge >= 0.3 is 0 Å². The van der Waals surface area contributed by atoms with Gasteiger partial charge in [0.15, 0.2) is 0 Å². The Morgan fingerprint density at radius 3 is 2.80 bits per heavy atom. The van der Waals surface area contributed by atoms with E-state index in [2.05, 4.69) is 29.5 Å². The third-order valence-corrected chi connectivity index (χ3v) is 7.58. The second kappa shape index (κ2) is 8.57. The monoisotopic (exact) mass is 315 g/mol. The number of hydrogen-bond acceptors (Lipinski definition) is 3. The van der Waals surface area contributed by atoms with Gasteiger partial charge in [-0.3, -0.25) is 4.79 Å². The summed E-state index contributed by atoms with van der Waals surface area (Å²) in [5.74, 6) is 2.40. The van der Waals surface area contributed by atoms with E-state index in [1.54, 1.807) is 0 Å². The van der Waals surface area contributed by atoms with E-state index in [0.29, 0.717) is 17.9 Å². The first-order chi connectivity index (χ1) is 9.66. The molecule has 2 fully saturated rings. The fraction of sp³-hybridized carbons (Fsp3) is 0.938. The van der Waals surface area contributed by atoms with E-state index < -0.39 is 0 Å². The molecule has 0 N–H and O–H groups in total. The standard InChI is InChI=1S/C16H29NOS2/c1-13-6-5-7-14(2)17(12-13)16(18)9-4-3-8-15-10-11-19-20-15/h13-15H,3-12H2,1-2H3/t13-,14+,15-/m1/s1. The zero-order valence-electron chi connectivity index (χ0n) is 13.0. The van der Waals surface area contributed by atoms with Crippen LogP contribution in [0.5, 0.6) is 0 Å². The Kier molecular flexibility index (Phi) is 7.09. The van der Waals surface area contributed by atoms with Gasteiger partial charge in [-0.05, 0) is 44.9 Å². The molecule has 0 aromatic carbocycles. The maximum atomic E-state index is 12.4. The van der Waals surface area contributed by atoms with Crippen molar-refractivity contribution in [2.75, 3.05) is 12.3 Å². The molecule has 2 saturated heterocycles. The van der Waals surface area contributed by atoms with Gasteiger partial charge in [-0.15, -0.1) is 0 Å². The first-order valence-corrected chi connectivity index (χ1v) is 10.6. The van der Waals surface area contributed by atoms with Crippen LogP contribution >= 0.6 is 21.6 Å². The number of carbonyl (C=O) groups excluding carboxylic acids is 1. The van der Waals surface area contributed by atoms with Crippen molar-refractivity contribution in [2.24, 2.45) is 5.92 Å². The number of carbonyl (C=O) groups is 1. The molecule has 2 heterocycles. The number of nitrogens with zero attached hydrogens (tertiary/aromatic N) is 1. The molecule has 2 aliphatic heterocycles. The molecule has 0 bridgehead atoms. The Hall–Kier alpha value is 0.170. The van der Waals surface area contributed by atoms with Gasteiger partial charge in [0, 0.05) is 30.0 Å². The predicted molar refractivity (Wildman–Crippen MR) is 91.1 cm³/mol. The molecule has 2 nitrogen and oxygen atoms in total. The number of rotatable bonds is 5. The van der Waals surface area contributed by atoms with E-state index in [1.165, 1.54) is 44.3 Å². The Labute approximate surface area is 132 Å². The largest absolute Gasteiger partial charge is 0.340 e. The van der Waals surface area contributed by atoms with Gasteiger partial charge in [0.1, 0.15) is 0 Å². The molecule has 2 rings (SSSR count). The van der Waals surface area contributed by atoms with Crippen molar-refractivity contribution in [1.29, 1.82) is 0 Å². The summed E-state index contributed by atoms with van der Waals surface area (Å²) >= 11 is 0. The van der Waals surface area contributed by atoms with Gasteiger partial charge in [0.25, 0.3) is 0 Å². The summed E-state index contributed by atoms with van der Waals surface area (Å²) in [6, 6.07) is 0.453. The van der Waals surface area contributed by atoms with Crippen molar-refractivity contribution in [2.45, 2.75) is 76.5 Å². The molecule has 0 aromatic rings. The molecule has 1 amide bonds. The SMILES string of the molecule is C[C@@H]1CCC[C@H](C)N(C(=O)CCCC[C@@H]2CCSS2)C1. The number of unbranched alkanes of at least 4 members (excludes halogenated alkanes) is 1. The van der Waals surface area contributed by atoms with Crippen LogP contribution in [0.15, 0.2) is 0 Å². The third-order valence-electron chi connectivity index (χ3n) is 4.57. The average Bonchev–Trinajstić information content (AvgIpc) is 2.87. The number of likely N-dealkylation sites (tertiary alicyclic amines) is 1. The molecule has 0 aliphatic carbocycles. The van der Waals surface area contributed by atoms with Crippen LogP contribution in [0.3, 0.4) is 0 Å². The summed E-state index contributed by atoms with van der Waals surface area (Å²) in [6.07, 6.45) is 9.49. The van der Waals surface area contributed by atoms with Crippen LogP contribution in [0.1, 0.15) is 65.2 Å². The van der Waals surface area contributed by atoms with E-state index in [9.17, 15) is 4.79 Å². The minimum absolute atomic E-state index is 0.403. The van der Waals surface area contributed by atoms with Crippen molar-refractivity contribution >= 4 is 27.5 Å². The van der Waals surface area contributed by atoms with Gasteiger partial charge in [-0.2, -0.15) is 0 Å². The van der Waals surface area contributed by atoms with Crippen LogP contribution in [0.4, 0.5) is 0 Å². The molecular formula is C16H29NOS2. The summed E-state index contributed by atoms with van der Waals surface area (Å²) in [7, 11) is 4.07. The molecule has 0 spiro atoms. The first kappa shape index (κ1) is 16.5. The number of hydrogen-bond donors (Lipinski definition) is 0. The van der Waals surface area contributed by atoms with Gasteiger partial charge < -0.3 is 4.90 Å². The second-order valence-electron chi connectivity index (χ2n) is 6.51. The third kappa shape index (κ3) is 5.18. The van der Waals surface area contributed by atoms with E-state index in [0.717, 1.165) is 24.6 Å². The zero-order valence-corrected chi connectivity index (χ0v) is 14.6. The van der Waals surface area contributed by atoms with Gasteiger partial charge in [0.05, 0.1) is 0 Å². The molecule has 0 unspecified atom stereocenters. The first-order valence-electron chi connectivity index (χ1n) is 8.24. The molecule has 116 valence electrons. The van der Waals surface area contributed by atoms with Crippen LogP contribution < -0.4 is 0 Å². The highest BCUT2D eigenvalue weighted by Crippen LogP contribution is 2.39. The highest BCUT2D eigenvalue weighted by Gasteiger charge is 2.24. The topological polar surface area (TPSA) is 20.3 Å². The Balaban J connectivity index is 1.67. The molecule has 2 aliphatic rings. The number of amides is 1. The fourth-order valence-electron chi connectivity index (χ4n) is 3.23. The van der Waals surface area contributed by atoms with Crippen molar-refractivity contribution < 1.29 is 4.79 Å². The normalized spacial score (nSPS) is 31.3. The smallest absolute Gasteiger partial charge is 0.222 e. The van der Waals surface area contributed by atoms with E-state index in [1.807, 2.05) is 10.8 Å². The summed E-state index contributed by atoms with van der Waals surface area (Å²) in [5, 5.41) is 0.854. The van der Waals surface area contributed by atoms with E-state index >= 15 is 0 Å². The summed E-state index contributed by atoms with van der Waals surface area (Å²) in [5.41, 5.74) is 0. The van der Waals surface area contributed by atoms with Crippen LogP contribution in [0.2, 0.25) is 0 Å². The van der Waals surface area contributed by atoms with Crippen LogP contribution in [0, 0.1) is 5.92 Å². The molecule has 0 aromatic heterocycles. The van der Waals surface area contributed by atoms with Crippen molar-refractivity contribution in [3.05, 3.63) is 0 Å². The minimum Gasteiger partial charge on any atom is -0.340 e. The average molecular weight is 316 g/mol.